The van der Waals surface area contributed by atoms with Crippen molar-refractivity contribution in [1.82, 2.24) is 4.98 Å². The molecule has 0 atom stereocenters. The van der Waals surface area contributed by atoms with Crippen LogP contribution in [0.5, 0.6) is 0 Å². The fourth-order valence-electron chi connectivity index (χ4n) is 0.723. The summed E-state index contributed by atoms with van der Waals surface area (Å²) in [6, 6.07) is 5.47. The predicted octanol–water partition coefficient (Wildman–Crippen LogP) is 1.01. The van der Waals surface area contributed by atoms with Gasteiger partial charge in [-0.1, -0.05) is 6.07 Å². The molecular weight excluding hydrogens is 144 g/mol. The van der Waals surface area contributed by atoms with Gasteiger partial charge < -0.3 is 0 Å². The van der Waals surface area contributed by atoms with Crippen molar-refractivity contribution in [3.8, 4) is 0 Å². The molecule has 1 heterocycles. The van der Waals surface area contributed by atoms with Gasteiger partial charge in [0.05, 0.1) is 14.2 Å². The van der Waals surface area contributed by atoms with Crippen LogP contribution < -0.4 is 5.23 Å². The third kappa shape index (κ3) is 1.89. The summed E-state index contributed by atoms with van der Waals surface area (Å²) >= 11 is 0. The minimum atomic E-state index is 0.623. The molecule has 0 aliphatic heterocycles. The van der Waals surface area contributed by atoms with Crippen LogP contribution in [0.3, 0.4) is 0 Å². The van der Waals surface area contributed by atoms with Gasteiger partial charge in [0.1, 0.15) is 0 Å². The first-order valence-electron chi connectivity index (χ1n) is 3.18. The van der Waals surface area contributed by atoms with E-state index >= 15 is 0 Å². The van der Waals surface area contributed by atoms with E-state index in [0.717, 1.165) is 0 Å². The molecule has 4 nitrogen and oxygen atoms in total. The lowest BCUT2D eigenvalue weighted by molar-refractivity contribution is -0.0451. The van der Waals surface area contributed by atoms with Crippen LogP contribution in [-0.4, -0.2) is 19.2 Å². The van der Waals surface area contributed by atoms with Crippen LogP contribution in [-0.2, 0) is 9.68 Å². The zero-order chi connectivity index (χ0) is 8.10. The van der Waals surface area contributed by atoms with E-state index in [-0.39, 0.29) is 0 Å². The largest absolute Gasteiger partial charge is 0.251 e. The smallest absolute Gasteiger partial charge is 0.183 e. The second-order valence-electron chi connectivity index (χ2n) is 1.81. The Labute approximate surface area is 65.3 Å². The number of pyridine rings is 1. The minimum Gasteiger partial charge on any atom is -0.251 e. The molecule has 60 valence electrons. The molecule has 11 heavy (non-hydrogen) atoms. The van der Waals surface area contributed by atoms with Crippen molar-refractivity contribution in [2.24, 2.45) is 0 Å². The summed E-state index contributed by atoms with van der Waals surface area (Å²) in [6.45, 7) is 0. The number of anilines is 1. The topological polar surface area (TPSA) is 34.6 Å². The van der Waals surface area contributed by atoms with Gasteiger partial charge >= 0.3 is 0 Å². The molecule has 0 N–H and O–H groups in total. The highest BCUT2D eigenvalue weighted by Gasteiger charge is 2.02. The molecule has 1 rings (SSSR count). The van der Waals surface area contributed by atoms with E-state index in [2.05, 4.69) is 4.98 Å². The highest BCUT2D eigenvalue weighted by atomic mass is 16.9. The molecule has 0 aliphatic rings. The average molecular weight is 154 g/mol. The quantitative estimate of drug-likeness (QED) is 0.608. The molecule has 0 saturated carbocycles. The Morgan fingerprint density at radius 2 is 2.00 bits per heavy atom. The maximum absolute atomic E-state index is 4.83. The molecule has 0 radical (unpaired) electrons. The van der Waals surface area contributed by atoms with Crippen molar-refractivity contribution in [2.75, 3.05) is 19.4 Å². The van der Waals surface area contributed by atoms with E-state index in [9.17, 15) is 0 Å². The van der Waals surface area contributed by atoms with Gasteiger partial charge in [-0.25, -0.2) is 4.98 Å². The SMILES string of the molecule is CON(OC)c1ccccn1. The van der Waals surface area contributed by atoms with E-state index < -0.39 is 0 Å². The summed E-state index contributed by atoms with van der Waals surface area (Å²) in [5.74, 6) is 0.623. The van der Waals surface area contributed by atoms with Gasteiger partial charge in [-0.05, 0) is 12.1 Å². The van der Waals surface area contributed by atoms with Crippen LogP contribution in [0, 0.1) is 0 Å². The van der Waals surface area contributed by atoms with Gasteiger partial charge in [-0.2, -0.15) is 0 Å². The molecule has 0 aliphatic carbocycles. The Balaban J connectivity index is 2.74. The van der Waals surface area contributed by atoms with Crippen molar-refractivity contribution in [1.29, 1.82) is 0 Å². The van der Waals surface area contributed by atoms with Gasteiger partial charge in [0, 0.05) is 6.20 Å². The van der Waals surface area contributed by atoms with Gasteiger partial charge in [-0.3, -0.25) is 9.68 Å². The van der Waals surface area contributed by atoms with E-state index in [1.807, 2.05) is 12.1 Å². The van der Waals surface area contributed by atoms with E-state index in [0.29, 0.717) is 5.82 Å². The lowest BCUT2D eigenvalue weighted by atomic mass is 10.5. The van der Waals surface area contributed by atoms with Crippen molar-refractivity contribution < 1.29 is 9.68 Å². The first kappa shape index (κ1) is 7.97. The maximum atomic E-state index is 4.83. The summed E-state index contributed by atoms with van der Waals surface area (Å²) in [6.07, 6.45) is 1.67. The summed E-state index contributed by atoms with van der Waals surface area (Å²) < 4.78 is 0. The molecular formula is C7H10N2O2. The first-order valence-corrected chi connectivity index (χ1v) is 3.18. The average Bonchev–Trinajstić information content (AvgIpc) is 2.09. The van der Waals surface area contributed by atoms with Crippen LogP contribution in [0.2, 0.25) is 0 Å². The second-order valence-corrected chi connectivity index (χ2v) is 1.81. The fraction of sp³-hybridized carbons (Fsp3) is 0.286. The second kappa shape index (κ2) is 3.90. The van der Waals surface area contributed by atoms with Crippen LogP contribution in [0.4, 0.5) is 5.82 Å². The molecule has 0 fully saturated rings. The number of aromatic nitrogens is 1. The van der Waals surface area contributed by atoms with Crippen LogP contribution in [0.25, 0.3) is 0 Å². The number of rotatable bonds is 3. The summed E-state index contributed by atoms with van der Waals surface area (Å²) in [5, 5.41) is 1.22. The number of nitrogens with zero attached hydrogens (tertiary/aromatic N) is 2. The predicted molar refractivity (Wildman–Crippen MR) is 40.7 cm³/mol. The Kier molecular flexibility index (Phi) is 2.83. The van der Waals surface area contributed by atoms with E-state index in [4.69, 9.17) is 9.68 Å². The van der Waals surface area contributed by atoms with Gasteiger partial charge in [0.15, 0.2) is 5.82 Å². The molecule has 4 heteroatoms. The number of hydrogen-bond acceptors (Lipinski definition) is 4. The van der Waals surface area contributed by atoms with Gasteiger partial charge in [0.25, 0.3) is 0 Å². The van der Waals surface area contributed by atoms with E-state index in [1.54, 1.807) is 12.3 Å². The normalized spacial score (nSPS) is 9.64. The van der Waals surface area contributed by atoms with Crippen molar-refractivity contribution in [2.45, 2.75) is 0 Å². The highest BCUT2D eigenvalue weighted by Crippen LogP contribution is 2.07. The van der Waals surface area contributed by atoms with Gasteiger partial charge in [-0.15, -0.1) is 5.23 Å². The first-order chi connectivity index (χ1) is 5.38. The minimum absolute atomic E-state index is 0.623. The van der Waals surface area contributed by atoms with Crippen LogP contribution in [0.15, 0.2) is 24.4 Å². The van der Waals surface area contributed by atoms with E-state index in [1.165, 1.54) is 19.4 Å². The molecule has 1 aromatic heterocycles. The summed E-state index contributed by atoms with van der Waals surface area (Å²) in [5.41, 5.74) is 0. The molecule has 0 aromatic carbocycles. The maximum Gasteiger partial charge on any atom is 0.183 e. The molecule has 0 unspecified atom stereocenters. The molecule has 0 bridgehead atoms. The van der Waals surface area contributed by atoms with Crippen molar-refractivity contribution >= 4 is 5.82 Å². The van der Waals surface area contributed by atoms with Gasteiger partial charge in [0.2, 0.25) is 0 Å². The Bertz CT molecular complexity index is 199. The standard InChI is InChI=1S/C7H10N2O2/c1-10-9(11-2)7-5-3-4-6-8-7/h3-6H,1-2H3. The zero-order valence-electron chi connectivity index (χ0n) is 6.52. The summed E-state index contributed by atoms with van der Waals surface area (Å²) in [7, 11) is 3.02. The van der Waals surface area contributed by atoms with Crippen LogP contribution >= 0.6 is 0 Å². The third-order valence-corrected chi connectivity index (χ3v) is 1.17. The summed E-state index contributed by atoms with van der Waals surface area (Å²) in [4.78, 5) is 13.7. The van der Waals surface area contributed by atoms with Crippen LogP contribution in [0.1, 0.15) is 0 Å². The zero-order valence-corrected chi connectivity index (χ0v) is 6.52. The third-order valence-electron chi connectivity index (χ3n) is 1.17. The molecule has 0 amide bonds. The molecule has 0 spiro atoms. The number of hydrogen-bond donors (Lipinski definition) is 0. The molecule has 1 aromatic rings. The molecule has 0 saturated heterocycles. The lowest BCUT2D eigenvalue weighted by Crippen LogP contribution is -2.20. The highest BCUT2D eigenvalue weighted by molar-refractivity contribution is 5.30. The van der Waals surface area contributed by atoms with Crippen molar-refractivity contribution in [3.05, 3.63) is 24.4 Å². The Morgan fingerprint density at radius 1 is 1.27 bits per heavy atom. The fourth-order valence-corrected chi connectivity index (χ4v) is 0.723. The van der Waals surface area contributed by atoms with Crippen molar-refractivity contribution in [3.63, 3.8) is 0 Å². The monoisotopic (exact) mass is 154 g/mol. The Hall–Kier alpha value is -1.13. The lowest BCUT2D eigenvalue weighted by Gasteiger charge is -2.15. The Morgan fingerprint density at radius 3 is 2.45 bits per heavy atom.